The van der Waals surface area contributed by atoms with Gasteiger partial charge in [-0.15, -0.1) is 0 Å². The molecule has 1 N–H and O–H groups in total. The van der Waals surface area contributed by atoms with Crippen molar-refractivity contribution < 1.29 is 4.74 Å². The molecular formula is C15H15N3O. The van der Waals surface area contributed by atoms with Crippen LogP contribution in [0.4, 0.5) is 0 Å². The summed E-state index contributed by atoms with van der Waals surface area (Å²) in [6.45, 7) is 2.08. The van der Waals surface area contributed by atoms with Crippen molar-refractivity contribution in [2.24, 2.45) is 0 Å². The Morgan fingerprint density at radius 2 is 1.84 bits per heavy atom. The van der Waals surface area contributed by atoms with Gasteiger partial charge in [0.15, 0.2) is 5.65 Å². The summed E-state index contributed by atoms with van der Waals surface area (Å²) in [5.41, 5.74) is 4.13. The minimum Gasteiger partial charge on any atom is -0.481 e. The molecule has 3 rings (SSSR count). The van der Waals surface area contributed by atoms with Gasteiger partial charge in [0.25, 0.3) is 0 Å². The van der Waals surface area contributed by atoms with Crippen LogP contribution in [0, 0.1) is 6.92 Å². The highest BCUT2D eigenvalue weighted by Gasteiger charge is 2.06. The van der Waals surface area contributed by atoms with Crippen LogP contribution in [0.3, 0.4) is 0 Å². The fourth-order valence-corrected chi connectivity index (χ4v) is 2.02. The number of H-pyrrole nitrogens is 1. The number of benzene rings is 1. The highest BCUT2D eigenvalue weighted by molar-refractivity contribution is 5.71. The fraction of sp³-hybridized carbons (Fsp3) is 0.200. The number of aromatic nitrogens is 3. The standard InChI is InChI=1S/C15H15N3O/c1-10-3-5-11(6-4-10)9-13-16-12-7-8-14(19-2)18-15(12)17-13/h3-8H,9H2,1-2H3,(H,16,17,18). The van der Waals surface area contributed by atoms with Gasteiger partial charge in [-0.25, -0.2) is 4.98 Å². The van der Waals surface area contributed by atoms with Gasteiger partial charge in [0.2, 0.25) is 5.88 Å². The summed E-state index contributed by atoms with van der Waals surface area (Å²) in [4.78, 5) is 12.1. The second kappa shape index (κ2) is 4.72. The molecule has 3 aromatic rings. The summed E-state index contributed by atoms with van der Waals surface area (Å²) >= 11 is 0. The van der Waals surface area contributed by atoms with Crippen LogP contribution in [-0.2, 0) is 6.42 Å². The lowest BCUT2D eigenvalue weighted by Crippen LogP contribution is -1.90. The Kier molecular flexibility index (Phi) is 2.91. The van der Waals surface area contributed by atoms with Crippen molar-refractivity contribution in [2.45, 2.75) is 13.3 Å². The molecule has 4 heteroatoms. The van der Waals surface area contributed by atoms with Gasteiger partial charge in [-0.1, -0.05) is 29.8 Å². The number of rotatable bonds is 3. The van der Waals surface area contributed by atoms with E-state index in [0.717, 1.165) is 17.8 Å². The van der Waals surface area contributed by atoms with Gasteiger partial charge in [-0.05, 0) is 18.6 Å². The molecular weight excluding hydrogens is 238 g/mol. The molecule has 4 nitrogen and oxygen atoms in total. The van der Waals surface area contributed by atoms with E-state index in [1.807, 2.05) is 12.1 Å². The first-order valence-corrected chi connectivity index (χ1v) is 6.20. The van der Waals surface area contributed by atoms with Crippen molar-refractivity contribution in [1.29, 1.82) is 0 Å². The number of aromatic amines is 1. The first kappa shape index (κ1) is 11.7. The normalized spacial score (nSPS) is 10.8. The molecule has 0 unspecified atom stereocenters. The monoisotopic (exact) mass is 253 g/mol. The molecule has 96 valence electrons. The van der Waals surface area contributed by atoms with Gasteiger partial charge in [-0.3, -0.25) is 0 Å². The third-order valence-electron chi connectivity index (χ3n) is 3.07. The average Bonchev–Trinajstić information content (AvgIpc) is 2.82. The Morgan fingerprint density at radius 3 is 2.58 bits per heavy atom. The molecule has 0 aliphatic heterocycles. The molecule has 0 saturated heterocycles. The van der Waals surface area contributed by atoms with Crippen LogP contribution in [0.15, 0.2) is 36.4 Å². The predicted molar refractivity (Wildman–Crippen MR) is 74.4 cm³/mol. The zero-order valence-electron chi connectivity index (χ0n) is 11.0. The average molecular weight is 253 g/mol. The highest BCUT2D eigenvalue weighted by Crippen LogP contribution is 2.16. The summed E-state index contributed by atoms with van der Waals surface area (Å²) in [7, 11) is 1.61. The summed E-state index contributed by atoms with van der Waals surface area (Å²) in [6, 6.07) is 12.2. The van der Waals surface area contributed by atoms with Crippen molar-refractivity contribution in [2.75, 3.05) is 7.11 Å². The number of imidazole rings is 1. The molecule has 0 saturated carbocycles. The van der Waals surface area contributed by atoms with Crippen LogP contribution in [0.1, 0.15) is 17.0 Å². The zero-order valence-corrected chi connectivity index (χ0v) is 11.0. The van der Waals surface area contributed by atoms with E-state index in [1.165, 1.54) is 11.1 Å². The van der Waals surface area contributed by atoms with E-state index >= 15 is 0 Å². The van der Waals surface area contributed by atoms with Gasteiger partial charge in [0.05, 0.1) is 12.6 Å². The highest BCUT2D eigenvalue weighted by atomic mass is 16.5. The van der Waals surface area contributed by atoms with Gasteiger partial charge >= 0.3 is 0 Å². The molecule has 2 heterocycles. The van der Waals surface area contributed by atoms with Gasteiger partial charge in [-0.2, -0.15) is 4.98 Å². The summed E-state index contributed by atoms with van der Waals surface area (Å²) in [5.74, 6) is 1.50. The number of aryl methyl sites for hydroxylation is 1. The Morgan fingerprint density at radius 1 is 1.05 bits per heavy atom. The molecule has 0 spiro atoms. The molecule has 1 aromatic carbocycles. The Labute approximate surface area is 111 Å². The van der Waals surface area contributed by atoms with Gasteiger partial charge < -0.3 is 9.72 Å². The first-order valence-electron chi connectivity index (χ1n) is 6.20. The maximum Gasteiger partial charge on any atom is 0.215 e. The van der Waals surface area contributed by atoms with Crippen LogP contribution in [0.25, 0.3) is 11.2 Å². The first-order chi connectivity index (χ1) is 9.24. The maximum absolute atomic E-state index is 5.10. The van der Waals surface area contributed by atoms with Gasteiger partial charge in [0.1, 0.15) is 5.82 Å². The zero-order chi connectivity index (χ0) is 13.2. The van der Waals surface area contributed by atoms with Crippen molar-refractivity contribution in [3.05, 3.63) is 53.3 Å². The lowest BCUT2D eigenvalue weighted by molar-refractivity contribution is 0.399. The second-order valence-corrected chi connectivity index (χ2v) is 4.57. The topological polar surface area (TPSA) is 50.8 Å². The van der Waals surface area contributed by atoms with Gasteiger partial charge in [0, 0.05) is 12.5 Å². The van der Waals surface area contributed by atoms with E-state index in [0.29, 0.717) is 11.5 Å². The fourth-order valence-electron chi connectivity index (χ4n) is 2.02. The largest absolute Gasteiger partial charge is 0.481 e. The molecule has 2 aromatic heterocycles. The Balaban J connectivity index is 1.90. The third kappa shape index (κ3) is 2.42. The molecule has 0 aliphatic rings. The van der Waals surface area contributed by atoms with Crippen molar-refractivity contribution in [3.8, 4) is 5.88 Å². The maximum atomic E-state index is 5.10. The summed E-state index contributed by atoms with van der Waals surface area (Å²) in [5, 5.41) is 0. The lowest BCUT2D eigenvalue weighted by Gasteiger charge is -1.98. The van der Waals surface area contributed by atoms with Crippen molar-refractivity contribution in [3.63, 3.8) is 0 Å². The molecule has 0 fully saturated rings. The summed E-state index contributed by atoms with van der Waals surface area (Å²) < 4.78 is 5.10. The van der Waals surface area contributed by atoms with E-state index in [9.17, 15) is 0 Å². The lowest BCUT2D eigenvalue weighted by atomic mass is 10.1. The molecule has 0 amide bonds. The SMILES string of the molecule is COc1ccc2[nH]c(Cc3ccc(C)cc3)nc2n1. The minimum absolute atomic E-state index is 0.584. The number of ether oxygens (including phenoxy) is 1. The molecule has 19 heavy (non-hydrogen) atoms. The quantitative estimate of drug-likeness (QED) is 0.780. The minimum atomic E-state index is 0.584. The number of nitrogens with one attached hydrogen (secondary N) is 1. The molecule has 0 aliphatic carbocycles. The van der Waals surface area contributed by atoms with E-state index in [1.54, 1.807) is 7.11 Å². The van der Waals surface area contributed by atoms with Crippen molar-refractivity contribution >= 4 is 11.2 Å². The van der Waals surface area contributed by atoms with E-state index in [4.69, 9.17) is 4.74 Å². The van der Waals surface area contributed by atoms with Crippen LogP contribution < -0.4 is 4.74 Å². The van der Waals surface area contributed by atoms with E-state index < -0.39 is 0 Å². The Bertz CT molecular complexity index is 701. The number of pyridine rings is 1. The van der Waals surface area contributed by atoms with Crippen LogP contribution in [-0.4, -0.2) is 22.1 Å². The molecule has 0 bridgehead atoms. The number of hydrogen-bond acceptors (Lipinski definition) is 3. The molecule has 0 radical (unpaired) electrons. The van der Waals surface area contributed by atoms with Crippen molar-refractivity contribution in [1.82, 2.24) is 15.0 Å². The van der Waals surface area contributed by atoms with Crippen LogP contribution in [0.5, 0.6) is 5.88 Å². The summed E-state index contributed by atoms with van der Waals surface area (Å²) in [6.07, 6.45) is 0.777. The molecule has 0 atom stereocenters. The third-order valence-corrected chi connectivity index (χ3v) is 3.07. The van der Waals surface area contributed by atoms with E-state index in [-0.39, 0.29) is 0 Å². The van der Waals surface area contributed by atoms with Crippen LogP contribution in [0.2, 0.25) is 0 Å². The smallest absolute Gasteiger partial charge is 0.215 e. The number of methoxy groups -OCH3 is 1. The Hall–Kier alpha value is -2.36. The number of hydrogen-bond donors (Lipinski definition) is 1. The predicted octanol–water partition coefficient (Wildman–Crippen LogP) is 2.87. The van der Waals surface area contributed by atoms with Crippen LogP contribution >= 0.6 is 0 Å². The second-order valence-electron chi connectivity index (χ2n) is 4.57. The van der Waals surface area contributed by atoms with E-state index in [2.05, 4.69) is 46.1 Å². The number of fused-ring (bicyclic) bond motifs is 1. The number of nitrogens with zero attached hydrogens (tertiary/aromatic N) is 2.